The first-order chi connectivity index (χ1) is 15.3. The van der Waals surface area contributed by atoms with E-state index in [1.807, 2.05) is 13.0 Å². The number of rotatable bonds is 4. The summed E-state index contributed by atoms with van der Waals surface area (Å²) >= 11 is 6.09. The summed E-state index contributed by atoms with van der Waals surface area (Å²) < 4.78 is 5.22. The number of hydrogen-bond acceptors (Lipinski definition) is 5. The van der Waals surface area contributed by atoms with Crippen LogP contribution in [0.25, 0.3) is 5.76 Å². The molecule has 1 atom stereocenters. The van der Waals surface area contributed by atoms with Crippen molar-refractivity contribution in [2.24, 2.45) is 0 Å². The molecule has 1 aliphatic rings. The van der Waals surface area contributed by atoms with Gasteiger partial charge in [0.05, 0.1) is 23.7 Å². The van der Waals surface area contributed by atoms with Gasteiger partial charge in [0.15, 0.2) is 0 Å². The zero-order valence-corrected chi connectivity index (χ0v) is 18.1. The Kier molecular flexibility index (Phi) is 5.63. The lowest BCUT2D eigenvalue weighted by molar-refractivity contribution is -0.132. The van der Waals surface area contributed by atoms with Crippen LogP contribution in [0.3, 0.4) is 0 Å². The number of halogens is 1. The molecule has 7 heteroatoms. The quantitative estimate of drug-likeness (QED) is 0.333. The highest BCUT2D eigenvalue weighted by Crippen LogP contribution is 2.43. The minimum absolute atomic E-state index is 0.0451. The molecule has 3 aromatic carbocycles. The number of hydrogen-bond donors (Lipinski definition) is 2. The SMILES string of the molecule is COc1cc(/C(O)=C2/C(=O)C(=O)N(c3cccc(C)c3)C2c2ccc(O)cc2)ccc1Cl. The molecule has 1 amide bonds. The number of amides is 1. The molecule has 1 fully saturated rings. The highest BCUT2D eigenvalue weighted by atomic mass is 35.5. The van der Waals surface area contributed by atoms with Gasteiger partial charge in [0.25, 0.3) is 11.7 Å². The maximum atomic E-state index is 13.1. The summed E-state index contributed by atoms with van der Waals surface area (Å²) in [7, 11) is 1.44. The molecule has 1 unspecified atom stereocenters. The highest BCUT2D eigenvalue weighted by molar-refractivity contribution is 6.51. The number of methoxy groups -OCH3 is 1. The first kappa shape index (κ1) is 21.5. The molecule has 0 saturated carbocycles. The van der Waals surface area contributed by atoms with E-state index in [0.717, 1.165) is 5.56 Å². The molecule has 0 aromatic heterocycles. The van der Waals surface area contributed by atoms with Crippen LogP contribution >= 0.6 is 11.6 Å². The fourth-order valence-electron chi connectivity index (χ4n) is 3.81. The van der Waals surface area contributed by atoms with Gasteiger partial charge in [-0.3, -0.25) is 14.5 Å². The van der Waals surface area contributed by atoms with Crippen molar-refractivity contribution < 1.29 is 24.5 Å². The third kappa shape index (κ3) is 3.69. The number of ether oxygens (including phenoxy) is 1. The predicted octanol–water partition coefficient (Wildman–Crippen LogP) is 4.99. The smallest absolute Gasteiger partial charge is 0.300 e. The van der Waals surface area contributed by atoms with E-state index in [2.05, 4.69) is 0 Å². The van der Waals surface area contributed by atoms with Crippen molar-refractivity contribution in [3.8, 4) is 11.5 Å². The maximum absolute atomic E-state index is 13.1. The van der Waals surface area contributed by atoms with E-state index in [-0.39, 0.29) is 22.6 Å². The minimum Gasteiger partial charge on any atom is -0.508 e. The predicted molar refractivity (Wildman–Crippen MR) is 122 cm³/mol. The molecule has 1 aliphatic heterocycles. The molecule has 0 spiro atoms. The second-order valence-corrected chi connectivity index (χ2v) is 7.86. The Morgan fingerprint density at radius 2 is 1.75 bits per heavy atom. The number of ketones is 1. The molecule has 3 aromatic rings. The lowest BCUT2D eigenvalue weighted by atomic mass is 9.95. The summed E-state index contributed by atoms with van der Waals surface area (Å²) in [4.78, 5) is 27.6. The summed E-state index contributed by atoms with van der Waals surface area (Å²) in [5.74, 6) is -1.53. The van der Waals surface area contributed by atoms with E-state index in [1.54, 1.807) is 42.5 Å². The Labute approximate surface area is 189 Å². The van der Waals surface area contributed by atoms with Crippen LogP contribution in [0.4, 0.5) is 5.69 Å². The van der Waals surface area contributed by atoms with Crippen LogP contribution in [-0.4, -0.2) is 29.0 Å². The summed E-state index contributed by atoms with van der Waals surface area (Å²) in [5.41, 5.74) is 2.23. The number of carbonyl (C=O) groups is 2. The monoisotopic (exact) mass is 449 g/mol. The molecule has 1 saturated heterocycles. The fraction of sp³-hybridized carbons (Fsp3) is 0.120. The summed E-state index contributed by atoms with van der Waals surface area (Å²) in [5, 5.41) is 21.2. The molecule has 0 bridgehead atoms. The number of aliphatic hydroxyl groups excluding tert-OH is 1. The molecule has 4 rings (SSSR count). The van der Waals surface area contributed by atoms with Gasteiger partial charge < -0.3 is 14.9 Å². The number of Topliss-reactive ketones (excluding diaryl/α,β-unsaturated/α-hetero) is 1. The van der Waals surface area contributed by atoms with Gasteiger partial charge in [-0.25, -0.2) is 0 Å². The Morgan fingerprint density at radius 3 is 2.41 bits per heavy atom. The number of aromatic hydroxyl groups is 1. The summed E-state index contributed by atoms with van der Waals surface area (Å²) in [6.45, 7) is 1.88. The molecule has 6 nitrogen and oxygen atoms in total. The van der Waals surface area contributed by atoms with Gasteiger partial charge in [0.1, 0.15) is 17.3 Å². The third-order valence-electron chi connectivity index (χ3n) is 5.36. The van der Waals surface area contributed by atoms with Crippen molar-refractivity contribution >= 4 is 34.7 Å². The number of aryl methyl sites for hydroxylation is 1. The number of phenols is 1. The Hall–Kier alpha value is -3.77. The zero-order valence-electron chi connectivity index (χ0n) is 17.4. The molecule has 2 N–H and O–H groups in total. The average molecular weight is 450 g/mol. The largest absolute Gasteiger partial charge is 0.508 e. The molecule has 0 aliphatic carbocycles. The number of nitrogens with zero attached hydrogens (tertiary/aromatic N) is 1. The Bertz CT molecular complexity index is 1250. The van der Waals surface area contributed by atoms with E-state index >= 15 is 0 Å². The van der Waals surface area contributed by atoms with Gasteiger partial charge in [0.2, 0.25) is 0 Å². The number of carbonyl (C=O) groups excluding carboxylic acids is 2. The van der Waals surface area contributed by atoms with Gasteiger partial charge in [-0.05, 0) is 60.5 Å². The maximum Gasteiger partial charge on any atom is 0.300 e. The average Bonchev–Trinajstić information content (AvgIpc) is 3.05. The Balaban J connectivity index is 1.95. The number of phenolic OH excluding ortho intramolecular Hbond substituents is 1. The van der Waals surface area contributed by atoms with Crippen LogP contribution in [-0.2, 0) is 9.59 Å². The number of benzene rings is 3. The Morgan fingerprint density at radius 1 is 1.03 bits per heavy atom. The van der Waals surface area contributed by atoms with Gasteiger partial charge in [0, 0.05) is 11.3 Å². The van der Waals surface area contributed by atoms with Crippen molar-refractivity contribution in [2.75, 3.05) is 12.0 Å². The van der Waals surface area contributed by atoms with Crippen molar-refractivity contribution in [3.63, 3.8) is 0 Å². The third-order valence-corrected chi connectivity index (χ3v) is 5.67. The van der Waals surface area contributed by atoms with Crippen LogP contribution in [0.5, 0.6) is 11.5 Å². The topological polar surface area (TPSA) is 87.1 Å². The van der Waals surface area contributed by atoms with Gasteiger partial charge in [-0.2, -0.15) is 0 Å². The molecule has 162 valence electrons. The molecular formula is C25H20ClNO5. The molecule has 32 heavy (non-hydrogen) atoms. The van der Waals surface area contributed by atoms with Crippen LogP contribution in [0.1, 0.15) is 22.7 Å². The van der Waals surface area contributed by atoms with Gasteiger partial charge in [-0.15, -0.1) is 0 Å². The normalized spacial score (nSPS) is 17.6. The second-order valence-electron chi connectivity index (χ2n) is 7.45. The number of aliphatic hydroxyl groups is 1. The van der Waals surface area contributed by atoms with E-state index < -0.39 is 17.7 Å². The lowest BCUT2D eigenvalue weighted by Gasteiger charge is -2.25. The zero-order chi connectivity index (χ0) is 23.0. The van der Waals surface area contributed by atoms with Crippen molar-refractivity contribution in [3.05, 3.63) is 94.0 Å². The standard InChI is InChI=1S/C25H20ClNO5/c1-14-4-3-5-17(12-14)27-22(15-6-9-18(28)10-7-15)21(24(30)25(27)31)23(29)16-8-11-19(26)20(13-16)32-2/h3-13,22,28-29H,1-2H3/b23-21-. The highest BCUT2D eigenvalue weighted by Gasteiger charge is 2.47. The van der Waals surface area contributed by atoms with Crippen LogP contribution < -0.4 is 9.64 Å². The fourth-order valence-corrected chi connectivity index (χ4v) is 4.01. The van der Waals surface area contributed by atoms with Crippen LogP contribution in [0.2, 0.25) is 5.02 Å². The summed E-state index contributed by atoms with van der Waals surface area (Å²) in [6, 6.07) is 17.1. The van der Waals surface area contributed by atoms with Crippen molar-refractivity contribution in [1.82, 2.24) is 0 Å². The van der Waals surface area contributed by atoms with Gasteiger partial charge in [-0.1, -0.05) is 35.9 Å². The molecular weight excluding hydrogens is 430 g/mol. The second kappa shape index (κ2) is 8.40. The minimum atomic E-state index is -0.890. The van der Waals surface area contributed by atoms with E-state index in [0.29, 0.717) is 22.0 Å². The van der Waals surface area contributed by atoms with E-state index in [9.17, 15) is 19.8 Å². The van der Waals surface area contributed by atoms with E-state index in [4.69, 9.17) is 16.3 Å². The van der Waals surface area contributed by atoms with Gasteiger partial charge >= 0.3 is 0 Å². The molecule has 0 radical (unpaired) electrons. The van der Waals surface area contributed by atoms with Crippen molar-refractivity contribution in [2.45, 2.75) is 13.0 Å². The van der Waals surface area contributed by atoms with Crippen molar-refractivity contribution in [1.29, 1.82) is 0 Å². The lowest BCUT2D eigenvalue weighted by Crippen LogP contribution is -2.29. The molecule has 1 heterocycles. The van der Waals surface area contributed by atoms with Crippen LogP contribution in [0.15, 0.2) is 72.3 Å². The van der Waals surface area contributed by atoms with E-state index in [1.165, 1.54) is 30.2 Å². The number of anilines is 1. The summed E-state index contributed by atoms with van der Waals surface area (Å²) in [6.07, 6.45) is 0. The first-order valence-electron chi connectivity index (χ1n) is 9.82. The van der Waals surface area contributed by atoms with Crippen LogP contribution in [0, 0.1) is 6.92 Å². The first-order valence-corrected chi connectivity index (χ1v) is 10.2.